The van der Waals surface area contributed by atoms with E-state index in [4.69, 9.17) is 4.74 Å². The van der Waals surface area contributed by atoms with Crippen LogP contribution >= 0.6 is 0 Å². The average molecular weight is 443 g/mol. The number of carbonyl (C=O) groups excluding carboxylic acids is 2. The van der Waals surface area contributed by atoms with Gasteiger partial charge in [0.15, 0.2) is 0 Å². The zero-order chi connectivity index (χ0) is 23.4. The van der Waals surface area contributed by atoms with Crippen LogP contribution in [0.25, 0.3) is 5.76 Å². The minimum atomic E-state index is -0.773. The number of likely N-dealkylation sites (tertiary alicyclic amines) is 1. The molecule has 0 bridgehead atoms. The third-order valence-corrected chi connectivity index (χ3v) is 5.65. The van der Waals surface area contributed by atoms with Crippen LogP contribution in [-0.2, 0) is 16.0 Å². The number of phenolic OH excluding ortho intramolecular Hbond substituents is 1. The number of aliphatic hydroxyl groups is 1. The van der Waals surface area contributed by atoms with Crippen molar-refractivity contribution in [1.29, 1.82) is 0 Å². The summed E-state index contributed by atoms with van der Waals surface area (Å²) in [4.78, 5) is 27.6. The van der Waals surface area contributed by atoms with E-state index < -0.39 is 17.7 Å². The first-order chi connectivity index (χ1) is 16.0. The summed E-state index contributed by atoms with van der Waals surface area (Å²) in [6, 6.07) is 22.0. The molecule has 33 heavy (non-hydrogen) atoms. The number of amides is 1. The van der Waals surface area contributed by atoms with E-state index in [0.29, 0.717) is 36.4 Å². The summed E-state index contributed by atoms with van der Waals surface area (Å²) in [6.07, 6.45) is 0.558. The van der Waals surface area contributed by atoms with Crippen molar-refractivity contribution in [2.75, 3.05) is 13.2 Å². The molecule has 1 heterocycles. The van der Waals surface area contributed by atoms with Crippen LogP contribution < -0.4 is 4.74 Å². The minimum Gasteiger partial charge on any atom is -0.508 e. The molecule has 1 saturated heterocycles. The first kappa shape index (κ1) is 22.1. The Morgan fingerprint density at radius 2 is 1.70 bits per heavy atom. The largest absolute Gasteiger partial charge is 0.508 e. The smallest absolute Gasteiger partial charge is 0.295 e. The third-order valence-electron chi connectivity index (χ3n) is 5.65. The number of aliphatic hydroxyl groups excluding tert-OH is 1. The maximum absolute atomic E-state index is 13.1. The Labute approximate surface area is 192 Å². The maximum Gasteiger partial charge on any atom is 0.295 e. The summed E-state index contributed by atoms with van der Waals surface area (Å²) in [6.45, 7) is 2.62. The Hall–Kier alpha value is -4.06. The van der Waals surface area contributed by atoms with Gasteiger partial charge in [0.2, 0.25) is 0 Å². The Balaban J connectivity index is 1.78. The number of nitrogens with zero attached hydrogens (tertiary/aromatic N) is 1. The van der Waals surface area contributed by atoms with Crippen LogP contribution in [0.5, 0.6) is 11.5 Å². The van der Waals surface area contributed by atoms with Crippen molar-refractivity contribution in [2.45, 2.75) is 19.4 Å². The van der Waals surface area contributed by atoms with Gasteiger partial charge >= 0.3 is 0 Å². The fourth-order valence-corrected chi connectivity index (χ4v) is 4.06. The molecule has 168 valence electrons. The lowest BCUT2D eigenvalue weighted by molar-refractivity contribution is -0.139. The molecule has 1 atom stereocenters. The molecule has 1 amide bonds. The second-order valence-electron chi connectivity index (χ2n) is 7.78. The van der Waals surface area contributed by atoms with Crippen molar-refractivity contribution in [3.05, 3.63) is 101 Å². The fraction of sp³-hybridized carbons (Fsp3) is 0.185. The van der Waals surface area contributed by atoms with Crippen LogP contribution in [0.4, 0.5) is 0 Å². The molecule has 1 fully saturated rings. The van der Waals surface area contributed by atoms with Gasteiger partial charge in [-0.2, -0.15) is 0 Å². The van der Waals surface area contributed by atoms with E-state index >= 15 is 0 Å². The number of hydrogen-bond donors (Lipinski definition) is 2. The second kappa shape index (κ2) is 9.61. The molecule has 1 aliphatic heterocycles. The Morgan fingerprint density at radius 1 is 0.970 bits per heavy atom. The van der Waals surface area contributed by atoms with E-state index in [-0.39, 0.29) is 17.1 Å². The Morgan fingerprint density at radius 3 is 2.39 bits per heavy atom. The van der Waals surface area contributed by atoms with Crippen molar-refractivity contribution in [1.82, 2.24) is 4.90 Å². The number of phenols is 1. The van der Waals surface area contributed by atoms with Gasteiger partial charge in [0.25, 0.3) is 11.7 Å². The van der Waals surface area contributed by atoms with Crippen LogP contribution in [-0.4, -0.2) is 40.0 Å². The monoisotopic (exact) mass is 443 g/mol. The van der Waals surface area contributed by atoms with Crippen LogP contribution in [0.15, 0.2) is 84.4 Å². The number of Topliss-reactive ketones (excluding diaryl/α,β-unsaturated/α-hetero) is 1. The predicted molar refractivity (Wildman–Crippen MR) is 125 cm³/mol. The third kappa shape index (κ3) is 4.60. The topological polar surface area (TPSA) is 87.1 Å². The zero-order valence-electron chi connectivity index (χ0n) is 18.3. The standard InChI is InChI=1S/C27H25NO5/c1-2-33-22-10-6-9-20(17-22)25(30)23-24(19-11-13-21(29)14-12-19)28(27(32)26(23)31)16-15-18-7-4-3-5-8-18/h3-14,17,24,29-30H,2,15-16H2,1H3. The van der Waals surface area contributed by atoms with Crippen LogP contribution in [0.1, 0.15) is 29.7 Å². The summed E-state index contributed by atoms with van der Waals surface area (Å²) < 4.78 is 5.52. The fourth-order valence-electron chi connectivity index (χ4n) is 4.06. The number of rotatable bonds is 7. The highest BCUT2D eigenvalue weighted by molar-refractivity contribution is 6.46. The molecule has 4 rings (SSSR count). The lowest BCUT2D eigenvalue weighted by Crippen LogP contribution is -2.31. The predicted octanol–water partition coefficient (Wildman–Crippen LogP) is 4.46. The molecule has 0 aromatic heterocycles. The molecule has 1 unspecified atom stereocenters. The molecule has 0 radical (unpaired) electrons. The molecule has 2 N–H and O–H groups in total. The lowest BCUT2D eigenvalue weighted by Gasteiger charge is -2.25. The summed E-state index contributed by atoms with van der Waals surface area (Å²) in [7, 11) is 0. The minimum absolute atomic E-state index is 0.0207. The summed E-state index contributed by atoms with van der Waals surface area (Å²) in [5.74, 6) is -1.02. The van der Waals surface area contributed by atoms with Crippen molar-refractivity contribution in [2.24, 2.45) is 0 Å². The normalized spacial score (nSPS) is 17.4. The van der Waals surface area contributed by atoms with Gasteiger partial charge in [0.1, 0.15) is 17.3 Å². The van der Waals surface area contributed by atoms with E-state index in [9.17, 15) is 19.8 Å². The molecule has 6 nitrogen and oxygen atoms in total. The summed E-state index contributed by atoms with van der Waals surface area (Å²) >= 11 is 0. The van der Waals surface area contributed by atoms with E-state index in [1.165, 1.54) is 17.0 Å². The van der Waals surface area contributed by atoms with Crippen LogP contribution in [0, 0.1) is 0 Å². The molecular weight excluding hydrogens is 418 g/mol. The van der Waals surface area contributed by atoms with E-state index in [2.05, 4.69) is 0 Å². The average Bonchev–Trinajstić information content (AvgIpc) is 3.08. The highest BCUT2D eigenvalue weighted by Gasteiger charge is 2.45. The van der Waals surface area contributed by atoms with Crippen molar-refractivity contribution >= 4 is 17.4 Å². The van der Waals surface area contributed by atoms with Crippen molar-refractivity contribution in [3.63, 3.8) is 0 Å². The molecule has 0 spiro atoms. The molecule has 0 aliphatic carbocycles. The van der Waals surface area contributed by atoms with E-state index in [0.717, 1.165) is 5.56 Å². The van der Waals surface area contributed by atoms with Gasteiger partial charge in [-0.3, -0.25) is 9.59 Å². The Bertz CT molecular complexity index is 1180. The number of ether oxygens (including phenoxy) is 1. The summed E-state index contributed by atoms with van der Waals surface area (Å²) in [5, 5.41) is 20.9. The SMILES string of the molecule is CCOc1cccc(C(O)=C2C(=O)C(=O)N(CCc3ccccc3)C2c2ccc(O)cc2)c1. The highest BCUT2D eigenvalue weighted by Crippen LogP contribution is 2.40. The van der Waals surface area contributed by atoms with Gasteiger partial charge in [0, 0.05) is 12.1 Å². The number of carbonyl (C=O) groups is 2. The molecule has 0 saturated carbocycles. The first-order valence-corrected chi connectivity index (χ1v) is 10.8. The highest BCUT2D eigenvalue weighted by atomic mass is 16.5. The number of ketones is 1. The van der Waals surface area contributed by atoms with Crippen molar-refractivity contribution in [3.8, 4) is 11.5 Å². The lowest BCUT2D eigenvalue weighted by atomic mass is 9.95. The van der Waals surface area contributed by atoms with Gasteiger partial charge in [0.05, 0.1) is 18.2 Å². The van der Waals surface area contributed by atoms with E-state index in [1.807, 2.05) is 37.3 Å². The maximum atomic E-state index is 13.1. The van der Waals surface area contributed by atoms with Crippen LogP contribution in [0.2, 0.25) is 0 Å². The molecule has 1 aliphatic rings. The molecule has 3 aromatic carbocycles. The molecular formula is C27H25NO5. The number of aromatic hydroxyl groups is 1. The van der Waals surface area contributed by atoms with Gasteiger partial charge in [-0.25, -0.2) is 0 Å². The first-order valence-electron chi connectivity index (χ1n) is 10.8. The van der Waals surface area contributed by atoms with Gasteiger partial charge < -0.3 is 19.8 Å². The zero-order valence-corrected chi connectivity index (χ0v) is 18.3. The molecule has 3 aromatic rings. The van der Waals surface area contributed by atoms with E-state index in [1.54, 1.807) is 36.4 Å². The second-order valence-corrected chi connectivity index (χ2v) is 7.78. The van der Waals surface area contributed by atoms with Gasteiger partial charge in [-0.1, -0.05) is 54.6 Å². The molecule has 6 heteroatoms. The van der Waals surface area contributed by atoms with Gasteiger partial charge in [-0.05, 0) is 48.7 Å². The number of benzene rings is 3. The van der Waals surface area contributed by atoms with Crippen molar-refractivity contribution < 1.29 is 24.5 Å². The quantitative estimate of drug-likeness (QED) is 0.320. The Kier molecular flexibility index (Phi) is 6.45. The number of hydrogen-bond acceptors (Lipinski definition) is 5. The van der Waals surface area contributed by atoms with Crippen LogP contribution in [0.3, 0.4) is 0 Å². The summed E-state index contributed by atoms with van der Waals surface area (Å²) in [5.41, 5.74) is 2.08. The van der Waals surface area contributed by atoms with Gasteiger partial charge in [-0.15, -0.1) is 0 Å².